The maximum Gasteiger partial charge on any atom is 0.279 e. The molecular formula is C21H24BrN3O3S2. The van der Waals surface area contributed by atoms with Crippen molar-refractivity contribution in [1.29, 1.82) is 0 Å². The molecule has 1 amide bonds. The van der Waals surface area contributed by atoms with Crippen LogP contribution in [-0.2, 0) is 16.6 Å². The molecule has 0 atom stereocenters. The van der Waals surface area contributed by atoms with Gasteiger partial charge in [-0.25, -0.2) is 8.42 Å². The van der Waals surface area contributed by atoms with Gasteiger partial charge in [-0.15, -0.1) is 0 Å². The molecule has 0 aliphatic heterocycles. The van der Waals surface area contributed by atoms with E-state index < -0.39 is 15.9 Å². The molecule has 9 heteroatoms. The minimum absolute atomic E-state index is 0.176. The second-order valence-corrected chi connectivity index (χ2v) is 10.5. The Labute approximate surface area is 189 Å². The number of rotatable bonds is 7. The highest BCUT2D eigenvalue weighted by molar-refractivity contribution is 9.10. The van der Waals surface area contributed by atoms with Crippen molar-refractivity contribution in [2.45, 2.75) is 38.6 Å². The highest BCUT2D eigenvalue weighted by Crippen LogP contribution is 2.23. The van der Waals surface area contributed by atoms with Gasteiger partial charge in [0.05, 0.1) is 15.1 Å². The molecule has 160 valence electrons. The number of thiazole rings is 1. The monoisotopic (exact) mass is 509 g/mol. The van der Waals surface area contributed by atoms with Crippen LogP contribution < -0.4 is 4.80 Å². The molecule has 6 nitrogen and oxygen atoms in total. The van der Waals surface area contributed by atoms with Gasteiger partial charge in [-0.2, -0.15) is 9.30 Å². The quantitative estimate of drug-likeness (QED) is 0.465. The summed E-state index contributed by atoms with van der Waals surface area (Å²) >= 11 is 4.94. The molecule has 0 bridgehead atoms. The van der Waals surface area contributed by atoms with Crippen LogP contribution in [0.5, 0.6) is 0 Å². The third kappa shape index (κ3) is 4.59. The van der Waals surface area contributed by atoms with Crippen molar-refractivity contribution in [2.24, 2.45) is 4.99 Å². The predicted molar refractivity (Wildman–Crippen MR) is 124 cm³/mol. The molecule has 0 saturated carbocycles. The number of aryl methyl sites for hydroxylation is 1. The number of sulfonamides is 1. The van der Waals surface area contributed by atoms with E-state index in [2.05, 4.69) is 27.8 Å². The van der Waals surface area contributed by atoms with Gasteiger partial charge in [-0.1, -0.05) is 48.0 Å². The fourth-order valence-electron chi connectivity index (χ4n) is 3.21. The molecule has 0 saturated heterocycles. The van der Waals surface area contributed by atoms with E-state index in [1.54, 1.807) is 13.8 Å². The molecule has 0 spiro atoms. The van der Waals surface area contributed by atoms with Gasteiger partial charge >= 0.3 is 0 Å². The predicted octanol–water partition coefficient (Wildman–Crippen LogP) is 4.65. The summed E-state index contributed by atoms with van der Waals surface area (Å²) in [6, 6.07) is 12.0. The van der Waals surface area contributed by atoms with Gasteiger partial charge in [0.15, 0.2) is 4.80 Å². The first-order chi connectivity index (χ1) is 14.3. The average Bonchev–Trinajstić information content (AvgIpc) is 3.05. The Morgan fingerprint density at radius 3 is 2.37 bits per heavy atom. The lowest BCUT2D eigenvalue weighted by molar-refractivity contribution is 0.0997. The lowest BCUT2D eigenvalue weighted by Gasteiger charge is -2.18. The zero-order valence-electron chi connectivity index (χ0n) is 17.1. The summed E-state index contributed by atoms with van der Waals surface area (Å²) in [6.07, 6.45) is 0.918. The topological polar surface area (TPSA) is 71.7 Å². The van der Waals surface area contributed by atoms with Crippen LogP contribution in [0.25, 0.3) is 10.2 Å². The Balaban J connectivity index is 1.98. The standard InChI is InChI=1S/C21H24BrN3O3S2/c1-4-13-25-18-12-9-16(22)14-19(18)29-21(25)23-20(26)15-7-10-17(11-8-15)30(27,28)24(5-2)6-3/h7-12,14H,4-6,13H2,1-3H3. The molecular weight excluding hydrogens is 486 g/mol. The fourth-order valence-corrected chi connectivity index (χ4v) is 6.27. The van der Waals surface area contributed by atoms with E-state index in [0.29, 0.717) is 23.5 Å². The maximum atomic E-state index is 12.8. The summed E-state index contributed by atoms with van der Waals surface area (Å²) in [7, 11) is -3.55. The van der Waals surface area contributed by atoms with E-state index in [-0.39, 0.29) is 4.90 Å². The lowest BCUT2D eigenvalue weighted by atomic mass is 10.2. The van der Waals surface area contributed by atoms with Crippen LogP contribution in [0.15, 0.2) is 56.8 Å². The Hall–Kier alpha value is -1.81. The summed E-state index contributed by atoms with van der Waals surface area (Å²) in [4.78, 5) is 17.9. The van der Waals surface area contributed by atoms with Crippen LogP contribution in [0, 0.1) is 0 Å². The molecule has 0 aliphatic carbocycles. The fraction of sp³-hybridized carbons (Fsp3) is 0.333. The number of amides is 1. The molecule has 0 N–H and O–H groups in total. The molecule has 1 aromatic heterocycles. The van der Waals surface area contributed by atoms with Crippen LogP contribution in [0.3, 0.4) is 0 Å². The number of carbonyl (C=O) groups is 1. The summed E-state index contributed by atoms with van der Waals surface area (Å²) in [5.74, 6) is -0.391. The number of nitrogens with zero attached hydrogens (tertiary/aromatic N) is 3. The third-order valence-electron chi connectivity index (χ3n) is 4.73. The lowest BCUT2D eigenvalue weighted by Crippen LogP contribution is -2.30. The molecule has 2 aromatic carbocycles. The van der Waals surface area contributed by atoms with Crippen molar-refractivity contribution >= 4 is 53.4 Å². The Morgan fingerprint density at radius 1 is 1.10 bits per heavy atom. The van der Waals surface area contributed by atoms with Gasteiger partial charge in [0.25, 0.3) is 5.91 Å². The van der Waals surface area contributed by atoms with Crippen LogP contribution in [0.4, 0.5) is 0 Å². The Bertz CT molecular complexity index is 1220. The first-order valence-electron chi connectivity index (χ1n) is 9.80. The number of aromatic nitrogens is 1. The minimum atomic E-state index is -3.55. The number of carbonyl (C=O) groups excluding carboxylic acids is 1. The SMILES string of the molecule is CCCn1c(=NC(=O)c2ccc(S(=O)(=O)N(CC)CC)cc2)sc2cc(Br)ccc21. The maximum absolute atomic E-state index is 12.8. The Morgan fingerprint density at radius 2 is 1.77 bits per heavy atom. The minimum Gasteiger partial charge on any atom is -0.316 e. The number of fused-ring (bicyclic) bond motifs is 1. The van der Waals surface area contributed by atoms with Crippen molar-refractivity contribution < 1.29 is 13.2 Å². The summed E-state index contributed by atoms with van der Waals surface area (Å²) in [6.45, 7) is 7.23. The van der Waals surface area contributed by atoms with Crippen molar-refractivity contribution in [3.8, 4) is 0 Å². The molecule has 0 aliphatic rings. The van der Waals surface area contributed by atoms with Gasteiger partial charge < -0.3 is 4.57 Å². The second kappa shape index (κ2) is 9.55. The first kappa shape index (κ1) is 22.9. The van der Waals surface area contributed by atoms with Crippen LogP contribution >= 0.6 is 27.3 Å². The molecule has 1 heterocycles. The summed E-state index contributed by atoms with van der Waals surface area (Å²) in [5.41, 5.74) is 1.40. The van der Waals surface area contributed by atoms with Crippen LogP contribution in [-0.4, -0.2) is 36.3 Å². The van der Waals surface area contributed by atoms with E-state index in [9.17, 15) is 13.2 Å². The number of benzene rings is 2. The van der Waals surface area contributed by atoms with Gasteiger partial charge in [0.2, 0.25) is 10.0 Å². The van der Waals surface area contributed by atoms with Crippen molar-refractivity contribution in [3.63, 3.8) is 0 Å². The second-order valence-electron chi connectivity index (χ2n) is 6.68. The van der Waals surface area contributed by atoms with Crippen molar-refractivity contribution in [2.75, 3.05) is 13.1 Å². The highest BCUT2D eigenvalue weighted by Gasteiger charge is 2.21. The third-order valence-corrected chi connectivity index (χ3v) is 8.33. The molecule has 30 heavy (non-hydrogen) atoms. The van der Waals surface area contributed by atoms with Crippen molar-refractivity contribution in [1.82, 2.24) is 8.87 Å². The van der Waals surface area contributed by atoms with E-state index in [1.807, 2.05) is 22.8 Å². The summed E-state index contributed by atoms with van der Waals surface area (Å²) in [5, 5.41) is 0. The molecule has 3 rings (SSSR count). The smallest absolute Gasteiger partial charge is 0.279 e. The summed E-state index contributed by atoms with van der Waals surface area (Å²) < 4.78 is 30.7. The Kier molecular flexibility index (Phi) is 7.28. The van der Waals surface area contributed by atoms with Crippen LogP contribution in [0.2, 0.25) is 0 Å². The van der Waals surface area contributed by atoms with E-state index >= 15 is 0 Å². The van der Waals surface area contributed by atoms with Gasteiger partial charge in [0, 0.05) is 29.7 Å². The van der Waals surface area contributed by atoms with E-state index in [1.165, 1.54) is 39.9 Å². The van der Waals surface area contributed by atoms with Gasteiger partial charge in [0.1, 0.15) is 0 Å². The largest absolute Gasteiger partial charge is 0.316 e. The van der Waals surface area contributed by atoms with Crippen molar-refractivity contribution in [3.05, 3.63) is 57.3 Å². The van der Waals surface area contributed by atoms with Crippen LogP contribution in [0.1, 0.15) is 37.6 Å². The van der Waals surface area contributed by atoms with E-state index in [4.69, 9.17) is 0 Å². The number of hydrogen-bond acceptors (Lipinski definition) is 4. The first-order valence-corrected chi connectivity index (χ1v) is 12.8. The zero-order valence-corrected chi connectivity index (χ0v) is 20.3. The normalized spacial score (nSPS) is 12.8. The number of hydrogen-bond donors (Lipinski definition) is 0. The number of halogens is 1. The zero-order chi connectivity index (χ0) is 21.9. The van der Waals surface area contributed by atoms with Gasteiger partial charge in [-0.3, -0.25) is 4.79 Å². The van der Waals surface area contributed by atoms with Gasteiger partial charge in [-0.05, 0) is 48.9 Å². The molecule has 3 aromatic rings. The average molecular weight is 510 g/mol. The van der Waals surface area contributed by atoms with E-state index in [0.717, 1.165) is 27.7 Å². The molecule has 0 unspecified atom stereocenters. The molecule has 0 radical (unpaired) electrons. The highest BCUT2D eigenvalue weighted by atomic mass is 79.9. The molecule has 0 fully saturated rings.